The Kier molecular flexibility index (Phi) is 3.95. The van der Waals surface area contributed by atoms with E-state index in [1.807, 2.05) is 35.3 Å². The highest BCUT2D eigenvalue weighted by Crippen LogP contribution is 2.31. The molecule has 0 aliphatic heterocycles. The number of aromatic nitrogens is 5. The highest BCUT2D eigenvalue weighted by Gasteiger charge is 2.12. The lowest BCUT2D eigenvalue weighted by molar-refractivity contribution is 0.183. The Morgan fingerprint density at radius 2 is 2.16 bits per heavy atom. The van der Waals surface area contributed by atoms with Gasteiger partial charge >= 0.3 is 0 Å². The molecule has 4 rings (SSSR count). The second-order valence-corrected chi connectivity index (χ2v) is 5.60. The third kappa shape index (κ3) is 2.87. The zero-order valence-corrected chi connectivity index (χ0v) is 14.0. The van der Waals surface area contributed by atoms with Crippen LogP contribution in [0.5, 0.6) is 5.75 Å². The van der Waals surface area contributed by atoms with Crippen LogP contribution in [0.3, 0.4) is 0 Å². The van der Waals surface area contributed by atoms with Gasteiger partial charge in [0.05, 0.1) is 37.7 Å². The van der Waals surface area contributed by atoms with E-state index < -0.39 is 0 Å². The maximum atomic E-state index is 5.31. The normalized spacial score (nSPS) is 11.3. The molecule has 0 radical (unpaired) electrons. The molecule has 25 heavy (non-hydrogen) atoms. The topological polar surface area (TPSA) is 89.9 Å². The van der Waals surface area contributed by atoms with Gasteiger partial charge < -0.3 is 14.8 Å². The number of nitrogens with one attached hydrogen (secondary N) is 2. The minimum Gasteiger partial charge on any atom is -0.497 e. The number of hydrogen-bond donors (Lipinski definition) is 2. The SMILES string of the molecule is COCCn1cc(Nc2nc3ccc(OC)cc3c3c[nH]nc23)cn1. The lowest BCUT2D eigenvalue weighted by Gasteiger charge is -2.08. The molecule has 0 fully saturated rings. The Labute approximate surface area is 143 Å². The summed E-state index contributed by atoms with van der Waals surface area (Å²) < 4.78 is 12.2. The van der Waals surface area contributed by atoms with Gasteiger partial charge in [0.15, 0.2) is 5.82 Å². The van der Waals surface area contributed by atoms with Crippen LogP contribution in [-0.2, 0) is 11.3 Å². The Morgan fingerprint density at radius 1 is 1.24 bits per heavy atom. The van der Waals surface area contributed by atoms with Crippen molar-refractivity contribution in [3.8, 4) is 5.75 Å². The van der Waals surface area contributed by atoms with E-state index >= 15 is 0 Å². The molecule has 0 amide bonds. The van der Waals surface area contributed by atoms with Crippen molar-refractivity contribution in [1.29, 1.82) is 0 Å². The fourth-order valence-electron chi connectivity index (χ4n) is 2.76. The molecule has 3 aromatic heterocycles. The molecule has 0 aliphatic carbocycles. The summed E-state index contributed by atoms with van der Waals surface area (Å²) in [6.07, 6.45) is 5.54. The van der Waals surface area contributed by atoms with Crippen molar-refractivity contribution in [1.82, 2.24) is 25.0 Å². The Balaban J connectivity index is 1.73. The molecule has 1 aromatic carbocycles. The van der Waals surface area contributed by atoms with Gasteiger partial charge in [-0.05, 0) is 18.2 Å². The number of benzene rings is 1. The number of fused-ring (bicyclic) bond motifs is 3. The maximum Gasteiger partial charge on any atom is 0.159 e. The van der Waals surface area contributed by atoms with Crippen LogP contribution >= 0.6 is 0 Å². The average Bonchev–Trinajstić information content (AvgIpc) is 3.29. The van der Waals surface area contributed by atoms with Crippen molar-refractivity contribution in [3.63, 3.8) is 0 Å². The maximum absolute atomic E-state index is 5.31. The summed E-state index contributed by atoms with van der Waals surface area (Å²) in [6, 6.07) is 5.80. The molecule has 3 heterocycles. The zero-order chi connectivity index (χ0) is 17.2. The van der Waals surface area contributed by atoms with E-state index in [-0.39, 0.29) is 0 Å². The monoisotopic (exact) mass is 338 g/mol. The number of aromatic amines is 1. The van der Waals surface area contributed by atoms with Crippen LogP contribution < -0.4 is 10.1 Å². The third-order valence-corrected chi connectivity index (χ3v) is 4.01. The number of pyridine rings is 1. The van der Waals surface area contributed by atoms with Crippen LogP contribution in [0.4, 0.5) is 11.5 Å². The first-order chi connectivity index (χ1) is 12.3. The van der Waals surface area contributed by atoms with E-state index in [0.29, 0.717) is 19.0 Å². The Morgan fingerprint density at radius 3 is 3.00 bits per heavy atom. The first kappa shape index (κ1) is 15.4. The summed E-state index contributed by atoms with van der Waals surface area (Å²) >= 11 is 0. The molecule has 0 atom stereocenters. The highest BCUT2D eigenvalue weighted by molar-refractivity contribution is 6.09. The van der Waals surface area contributed by atoms with Crippen LogP contribution in [0.25, 0.3) is 21.8 Å². The quantitative estimate of drug-likeness (QED) is 0.562. The number of hydrogen-bond acceptors (Lipinski definition) is 6. The van der Waals surface area contributed by atoms with Gasteiger partial charge in [-0.15, -0.1) is 0 Å². The van der Waals surface area contributed by atoms with Gasteiger partial charge in [0.25, 0.3) is 0 Å². The first-order valence-electron chi connectivity index (χ1n) is 7.88. The number of rotatable bonds is 6. The fourth-order valence-corrected chi connectivity index (χ4v) is 2.76. The van der Waals surface area contributed by atoms with E-state index in [4.69, 9.17) is 14.5 Å². The Bertz CT molecular complexity index is 1020. The summed E-state index contributed by atoms with van der Waals surface area (Å²) in [7, 11) is 3.32. The van der Waals surface area contributed by atoms with Crippen molar-refractivity contribution in [2.75, 3.05) is 26.1 Å². The summed E-state index contributed by atoms with van der Waals surface area (Å²) in [4.78, 5) is 4.71. The molecule has 2 N–H and O–H groups in total. The van der Waals surface area contributed by atoms with E-state index in [1.165, 1.54) is 0 Å². The van der Waals surface area contributed by atoms with E-state index in [1.54, 1.807) is 20.4 Å². The van der Waals surface area contributed by atoms with Crippen molar-refractivity contribution in [2.45, 2.75) is 6.54 Å². The minimum absolute atomic E-state index is 0.612. The van der Waals surface area contributed by atoms with Gasteiger partial charge in [0.2, 0.25) is 0 Å². The van der Waals surface area contributed by atoms with Crippen molar-refractivity contribution in [2.24, 2.45) is 0 Å². The van der Waals surface area contributed by atoms with Gasteiger partial charge in [-0.3, -0.25) is 9.78 Å². The number of ether oxygens (including phenoxy) is 2. The summed E-state index contributed by atoms with van der Waals surface area (Å²) in [5.41, 5.74) is 2.48. The summed E-state index contributed by atoms with van der Waals surface area (Å²) in [5.74, 6) is 1.47. The highest BCUT2D eigenvalue weighted by atomic mass is 16.5. The summed E-state index contributed by atoms with van der Waals surface area (Å²) in [5, 5.41) is 16.8. The number of methoxy groups -OCH3 is 2. The summed E-state index contributed by atoms with van der Waals surface area (Å²) in [6.45, 7) is 1.31. The molecular formula is C17H18N6O2. The largest absolute Gasteiger partial charge is 0.497 e. The number of nitrogens with zero attached hydrogens (tertiary/aromatic N) is 4. The zero-order valence-electron chi connectivity index (χ0n) is 14.0. The lowest BCUT2D eigenvalue weighted by Crippen LogP contribution is -2.04. The molecular weight excluding hydrogens is 320 g/mol. The third-order valence-electron chi connectivity index (χ3n) is 4.01. The van der Waals surface area contributed by atoms with Crippen LogP contribution in [0.2, 0.25) is 0 Å². The molecule has 0 spiro atoms. The van der Waals surface area contributed by atoms with Crippen LogP contribution in [-0.4, -0.2) is 45.8 Å². The predicted octanol–water partition coefficient (Wildman–Crippen LogP) is 2.71. The Hall–Kier alpha value is -3.13. The van der Waals surface area contributed by atoms with E-state index in [2.05, 4.69) is 20.6 Å². The predicted molar refractivity (Wildman–Crippen MR) is 95.3 cm³/mol. The van der Waals surface area contributed by atoms with Crippen LogP contribution in [0.15, 0.2) is 36.8 Å². The smallest absolute Gasteiger partial charge is 0.159 e. The van der Waals surface area contributed by atoms with E-state index in [9.17, 15) is 0 Å². The fraction of sp³-hybridized carbons (Fsp3) is 0.235. The molecule has 0 bridgehead atoms. The molecule has 8 nitrogen and oxygen atoms in total. The van der Waals surface area contributed by atoms with Crippen molar-refractivity contribution < 1.29 is 9.47 Å². The van der Waals surface area contributed by atoms with Gasteiger partial charge in [-0.25, -0.2) is 4.98 Å². The molecule has 128 valence electrons. The molecule has 0 saturated carbocycles. The second-order valence-electron chi connectivity index (χ2n) is 5.60. The van der Waals surface area contributed by atoms with Gasteiger partial charge in [0.1, 0.15) is 11.3 Å². The molecule has 4 aromatic rings. The first-order valence-corrected chi connectivity index (χ1v) is 7.88. The molecule has 0 unspecified atom stereocenters. The van der Waals surface area contributed by atoms with Gasteiger partial charge in [-0.2, -0.15) is 10.2 Å². The molecule has 0 aliphatic rings. The van der Waals surface area contributed by atoms with Crippen molar-refractivity contribution >= 4 is 33.3 Å². The minimum atomic E-state index is 0.612. The molecule has 8 heteroatoms. The molecule has 0 saturated heterocycles. The number of H-pyrrole nitrogens is 1. The van der Waals surface area contributed by atoms with Crippen LogP contribution in [0, 0.1) is 0 Å². The second kappa shape index (κ2) is 6.40. The average molecular weight is 338 g/mol. The van der Waals surface area contributed by atoms with E-state index in [0.717, 1.165) is 33.2 Å². The number of anilines is 2. The van der Waals surface area contributed by atoms with Crippen LogP contribution in [0.1, 0.15) is 0 Å². The van der Waals surface area contributed by atoms with Gasteiger partial charge in [0, 0.05) is 30.3 Å². The van der Waals surface area contributed by atoms with Gasteiger partial charge in [-0.1, -0.05) is 0 Å². The lowest BCUT2D eigenvalue weighted by atomic mass is 10.1. The van der Waals surface area contributed by atoms with Crippen molar-refractivity contribution in [3.05, 3.63) is 36.8 Å². The standard InChI is InChI=1S/C17H18N6O2/c1-24-6-5-23-10-11(8-19-23)20-17-16-14(9-18-22-16)13-7-12(25-2)3-4-15(13)21-17/h3-4,7-10H,5-6H2,1-2H3,(H,18,22)(H,20,21).